The van der Waals surface area contributed by atoms with Crippen molar-refractivity contribution in [2.75, 3.05) is 18.5 Å². The van der Waals surface area contributed by atoms with E-state index in [9.17, 15) is 4.79 Å². The van der Waals surface area contributed by atoms with E-state index >= 15 is 0 Å². The summed E-state index contributed by atoms with van der Waals surface area (Å²) in [7, 11) is 1.91. The zero-order chi connectivity index (χ0) is 17.6. The van der Waals surface area contributed by atoms with Gasteiger partial charge in [0.15, 0.2) is 0 Å². The number of rotatable bonds is 4. The number of aryl methyl sites for hydroxylation is 1. The molecular weight excluding hydrogens is 316 g/mol. The first-order chi connectivity index (χ1) is 12.2. The summed E-state index contributed by atoms with van der Waals surface area (Å²) in [5.41, 5.74) is 1.67. The van der Waals surface area contributed by atoms with Crippen LogP contribution in [0.25, 0.3) is 0 Å². The Hall–Kier alpha value is -2.94. The maximum absolute atomic E-state index is 12.9. The molecule has 1 saturated heterocycles. The molecule has 1 aliphatic heterocycles. The number of benzene rings is 1. The molecule has 1 fully saturated rings. The molecule has 1 unspecified atom stereocenters. The Morgan fingerprint density at radius 2 is 2.24 bits per heavy atom. The average Bonchev–Trinajstić information content (AvgIpc) is 3.07. The molecule has 2 aromatic rings. The largest absolute Gasteiger partial charge is 0.479 e. The molecule has 2 heterocycles. The first-order valence-corrected chi connectivity index (χ1v) is 8.41. The predicted molar refractivity (Wildman–Crippen MR) is 96.3 cm³/mol. The van der Waals surface area contributed by atoms with Crippen molar-refractivity contribution < 1.29 is 9.53 Å². The lowest BCUT2D eigenvalue weighted by molar-refractivity contribution is 0.159. The lowest BCUT2D eigenvalue weighted by Crippen LogP contribution is -2.41. The minimum atomic E-state index is -0.136. The van der Waals surface area contributed by atoms with Gasteiger partial charge >= 0.3 is 6.03 Å². The number of amides is 2. The van der Waals surface area contributed by atoms with E-state index in [0.717, 1.165) is 31.5 Å². The fraction of sp³-hybridized carbons (Fsp3) is 0.368. The van der Waals surface area contributed by atoms with Gasteiger partial charge in [-0.15, -0.1) is 6.42 Å². The van der Waals surface area contributed by atoms with Crippen LogP contribution in [-0.2, 0) is 7.05 Å². The number of likely N-dealkylation sites (tertiary alicyclic amines) is 1. The van der Waals surface area contributed by atoms with Crippen molar-refractivity contribution in [2.24, 2.45) is 7.05 Å². The number of terminal acetylenes is 1. The number of nitrogens with one attached hydrogen (secondary N) is 1. The number of hydrogen-bond donors (Lipinski definition) is 1. The van der Waals surface area contributed by atoms with Crippen LogP contribution in [0, 0.1) is 12.3 Å². The van der Waals surface area contributed by atoms with Gasteiger partial charge in [-0.3, -0.25) is 4.68 Å². The zero-order valence-electron chi connectivity index (χ0n) is 14.3. The number of anilines is 1. The number of hydrogen-bond acceptors (Lipinski definition) is 3. The van der Waals surface area contributed by atoms with Crippen molar-refractivity contribution >= 4 is 11.7 Å². The summed E-state index contributed by atoms with van der Waals surface area (Å²) in [6.07, 6.45) is 10.0. The Labute approximate surface area is 147 Å². The molecule has 3 rings (SSSR count). The highest BCUT2D eigenvalue weighted by molar-refractivity contribution is 5.91. The molecule has 2 amide bonds. The normalized spacial score (nSPS) is 17.0. The van der Waals surface area contributed by atoms with Gasteiger partial charge in [0.25, 0.3) is 0 Å². The van der Waals surface area contributed by atoms with Gasteiger partial charge in [0.05, 0.1) is 17.4 Å². The number of piperidine rings is 1. The van der Waals surface area contributed by atoms with E-state index in [0.29, 0.717) is 11.4 Å². The van der Waals surface area contributed by atoms with Crippen molar-refractivity contribution in [1.29, 1.82) is 0 Å². The number of aromatic nitrogens is 2. The number of nitrogens with zero attached hydrogens (tertiary/aromatic N) is 3. The smallest absolute Gasteiger partial charge is 0.322 e. The molecule has 25 heavy (non-hydrogen) atoms. The molecule has 1 aromatic carbocycles. The molecule has 6 nitrogen and oxygen atoms in total. The summed E-state index contributed by atoms with van der Waals surface area (Å²) >= 11 is 0. The molecule has 1 aromatic heterocycles. The molecule has 1 N–H and O–H groups in total. The third kappa shape index (κ3) is 3.77. The highest BCUT2D eigenvalue weighted by Crippen LogP contribution is 2.32. The van der Waals surface area contributed by atoms with Crippen LogP contribution in [0.5, 0.6) is 5.75 Å². The second-order valence-electron chi connectivity index (χ2n) is 6.00. The van der Waals surface area contributed by atoms with Crippen LogP contribution in [-0.4, -0.2) is 33.9 Å². The predicted octanol–water partition coefficient (Wildman–Crippen LogP) is 3.19. The van der Waals surface area contributed by atoms with E-state index in [1.165, 1.54) is 0 Å². The summed E-state index contributed by atoms with van der Waals surface area (Å²) in [6, 6.07) is 9.17. The topological polar surface area (TPSA) is 59.4 Å². The maximum atomic E-state index is 12.9. The van der Waals surface area contributed by atoms with E-state index in [1.54, 1.807) is 12.3 Å². The van der Waals surface area contributed by atoms with Gasteiger partial charge in [-0.05, 0) is 37.5 Å². The summed E-state index contributed by atoms with van der Waals surface area (Å²) < 4.78 is 7.34. The van der Waals surface area contributed by atoms with E-state index in [-0.39, 0.29) is 18.7 Å². The Morgan fingerprint density at radius 3 is 3.00 bits per heavy atom. The Balaban J connectivity index is 1.78. The van der Waals surface area contributed by atoms with Gasteiger partial charge in [-0.25, -0.2) is 4.79 Å². The van der Waals surface area contributed by atoms with Crippen molar-refractivity contribution in [3.05, 3.63) is 42.2 Å². The van der Waals surface area contributed by atoms with Gasteiger partial charge in [0, 0.05) is 19.8 Å². The van der Waals surface area contributed by atoms with Gasteiger partial charge in [-0.2, -0.15) is 5.10 Å². The van der Waals surface area contributed by atoms with Crippen LogP contribution in [0.3, 0.4) is 0 Å². The van der Waals surface area contributed by atoms with Gasteiger partial charge in [0.1, 0.15) is 12.4 Å². The number of urea groups is 1. The summed E-state index contributed by atoms with van der Waals surface area (Å²) in [5.74, 6) is 3.01. The Bertz CT molecular complexity index is 778. The number of carbonyl (C=O) groups is 1. The summed E-state index contributed by atoms with van der Waals surface area (Å²) in [6.45, 7) is 0.878. The molecule has 6 heteroatoms. The summed E-state index contributed by atoms with van der Waals surface area (Å²) in [4.78, 5) is 14.8. The number of ether oxygens (including phenoxy) is 1. The second kappa shape index (κ2) is 7.75. The van der Waals surface area contributed by atoms with Crippen LogP contribution in [0.2, 0.25) is 0 Å². The average molecular weight is 338 g/mol. The molecule has 1 aliphatic rings. The van der Waals surface area contributed by atoms with E-state index in [2.05, 4.69) is 16.3 Å². The van der Waals surface area contributed by atoms with Crippen LogP contribution >= 0.6 is 0 Å². The standard InChI is InChI=1S/C19H22N4O2/c1-3-14-25-18-10-5-4-8-15(18)21-19(24)23-13-7-6-9-17(23)16-11-12-20-22(16)2/h1,4-5,8,10-12,17H,6-7,9,13-14H2,2H3,(H,21,24). The lowest BCUT2D eigenvalue weighted by atomic mass is 9.99. The molecule has 0 saturated carbocycles. The van der Waals surface area contributed by atoms with E-state index in [4.69, 9.17) is 11.2 Å². The highest BCUT2D eigenvalue weighted by atomic mass is 16.5. The third-order valence-corrected chi connectivity index (χ3v) is 4.40. The minimum absolute atomic E-state index is 0.0278. The molecule has 0 spiro atoms. The van der Waals surface area contributed by atoms with Crippen LogP contribution in [0.1, 0.15) is 31.0 Å². The Kier molecular flexibility index (Phi) is 5.24. The Morgan fingerprint density at radius 1 is 1.40 bits per heavy atom. The number of carbonyl (C=O) groups excluding carboxylic acids is 1. The third-order valence-electron chi connectivity index (χ3n) is 4.40. The number of para-hydroxylation sites is 2. The van der Waals surface area contributed by atoms with E-state index in [1.807, 2.05) is 40.9 Å². The fourth-order valence-electron chi connectivity index (χ4n) is 3.20. The van der Waals surface area contributed by atoms with E-state index < -0.39 is 0 Å². The maximum Gasteiger partial charge on any atom is 0.322 e. The molecule has 1 atom stereocenters. The SMILES string of the molecule is C#CCOc1ccccc1NC(=O)N1CCCCC1c1ccnn1C. The van der Waals surface area contributed by atoms with Crippen molar-refractivity contribution in [3.63, 3.8) is 0 Å². The quantitative estimate of drug-likeness (QED) is 0.871. The van der Waals surface area contributed by atoms with Crippen LogP contribution in [0.15, 0.2) is 36.5 Å². The van der Waals surface area contributed by atoms with Crippen LogP contribution < -0.4 is 10.1 Å². The minimum Gasteiger partial charge on any atom is -0.479 e. The second-order valence-corrected chi connectivity index (χ2v) is 6.00. The first kappa shape index (κ1) is 16.9. The van der Waals surface area contributed by atoms with Crippen molar-refractivity contribution in [3.8, 4) is 18.1 Å². The molecule has 0 radical (unpaired) electrons. The first-order valence-electron chi connectivity index (χ1n) is 8.41. The van der Waals surface area contributed by atoms with Gasteiger partial charge in [-0.1, -0.05) is 18.1 Å². The van der Waals surface area contributed by atoms with Crippen molar-refractivity contribution in [1.82, 2.24) is 14.7 Å². The summed E-state index contributed by atoms with van der Waals surface area (Å²) in [5, 5.41) is 7.20. The van der Waals surface area contributed by atoms with Gasteiger partial charge < -0.3 is 15.0 Å². The fourth-order valence-corrected chi connectivity index (χ4v) is 3.20. The lowest BCUT2D eigenvalue weighted by Gasteiger charge is -2.35. The molecule has 0 bridgehead atoms. The van der Waals surface area contributed by atoms with Gasteiger partial charge in [0.2, 0.25) is 0 Å². The van der Waals surface area contributed by atoms with Crippen molar-refractivity contribution in [2.45, 2.75) is 25.3 Å². The molecule has 0 aliphatic carbocycles. The highest BCUT2D eigenvalue weighted by Gasteiger charge is 2.30. The zero-order valence-corrected chi connectivity index (χ0v) is 14.3. The molecular formula is C19H22N4O2. The monoisotopic (exact) mass is 338 g/mol. The molecule has 130 valence electrons. The van der Waals surface area contributed by atoms with Crippen LogP contribution in [0.4, 0.5) is 10.5 Å².